The van der Waals surface area contributed by atoms with Crippen molar-refractivity contribution >= 4 is 11.9 Å². The molecule has 3 aromatic rings. The highest BCUT2D eigenvalue weighted by Gasteiger charge is 2.20. The number of benzene rings is 3. The number of carboxylic acid groups (broad SMARTS) is 1. The third-order valence-corrected chi connectivity index (χ3v) is 6.08. The summed E-state index contributed by atoms with van der Waals surface area (Å²) in [7, 11) is 0. The number of aryl methyl sites for hydroxylation is 4. The third kappa shape index (κ3) is 7.98. The van der Waals surface area contributed by atoms with Gasteiger partial charge in [0, 0.05) is 12.0 Å². The number of ether oxygens (including phenoxy) is 1. The Labute approximate surface area is 214 Å². The number of rotatable bonds is 11. The highest BCUT2D eigenvalue weighted by atomic mass is 16.5. The first kappa shape index (κ1) is 27.0. The predicted octanol–water partition coefficient (Wildman–Crippen LogP) is 6.73. The lowest BCUT2D eigenvalue weighted by Crippen LogP contribution is -2.30. The molecular weight excluding hydrogens is 450 g/mol. The zero-order valence-electron chi connectivity index (χ0n) is 21.9. The standard InChI is InChI=1S/C31H37NO4/c1-20(2)13-29(26-15-22(4)14-23(5)16-26)32-31(35)28-18-24(9-10-25(28)11-12-30(33)34)19-36-27-8-6-7-21(3)17-27/h6-10,14-18,20,29H,11-13,19H2,1-5H3,(H,32,35)(H,33,34). The van der Waals surface area contributed by atoms with E-state index in [1.54, 1.807) is 0 Å². The summed E-state index contributed by atoms with van der Waals surface area (Å²) in [5.41, 5.74) is 6.58. The van der Waals surface area contributed by atoms with Crippen molar-refractivity contribution < 1.29 is 19.4 Å². The van der Waals surface area contributed by atoms with Gasteiger partial charge in [0.2, 0.25) is 0 Å². The molecule has 0 aliphatic rings. The zero-order valence-corrected chi connectivity index (χ0v) is 21.9. The van der Waals surface area contributed by atoms with Crippen LogP contribution in [-0.2, 0) is 17.8 Å². The fourth-order valence-electron chi connectivity index (χ4n) is 4.45. The summed E-state index contributed by atoms with van der Waals surface area (Å²) in [5, 5.41) is 12.5. The lowest BCUT2D eigenvalue weighted by molar-refractivity contribution is -0.136. The zero-order chi connectivity index (χ0) is 26.2. The van der Waals surface area contributed by atoms with E-state index in [1.165, 1.54) is 0 Å². The molecule has 0 saturated heterocycles. The van der Waals surface area contributed by atoms with E-state index in [4.69, 9.17) is 4.74 Å². The van der Waals surface area contributed by atoms with Crippen LogP contribution in [0.25, 0.3) is 0 Å². The van der Waals surface area contributed by atoms with E-state index < -0.39 is 5.97 Å². The Kier molecular flexibility index (Phi) is 9.29. The molecule has 190 valence electrons. The summed E-state index contributed by atoms with van der Waals surface area (Å²) >= 11 is 0. The minimum atomic E-state index is -0.888. The molecule has 0 spiro atoms. The Morgan fingerprint density at radius 2 is 1.64 bits per heavy atom. The van der Waals surface area contributed by atoms with E-state index in [2.05, 4.69) is 51.2 Å². The van der Waals surface area contributed by atoms with Gasteiger partial charge in [-0.3, -0.25) is 9.59 Å². The maximum Gasteiger partial charge on any atom is 0.303 e. The summed E-state index contributed by atoms with van der Waals surface area (Å²) in [4.78, 5) is 24.9. The molecule has 0 saturated carbocycles. The average molecular weight is 488 g/mol. The fraction of sp³-hybridized carbons (Fsp3) is 0.355. The lowest BCUT2D eigenvalue weighted by atomic mass is 9.93. The van der Waals surface area contributed by atoms with E-state index in [0.29, 0.717) is 18.1 Å². The molecule has 0 aliphatic heterocycles. The first-order chi connectivity index (χ1) is 17.1. The second-order valence-electron chi connectivity index (χ2n) is 10.1. The van der Waals surface area contributed by atoms with Crippen LogP contribution >= 0.6 is 0 Å². The van der Waals surface area contributed by atoms with E-state index in [9.17, 15) is 14.7 Å². The highest BCUT2D eigenvalue weighted by molar-refractivity contribution is 5.96. The van der Waals surface area contributed by atoms with E-state index >= 15 is 0 Å². The van der Waals surface area contributed by atoms with Gasteiger partial charge < -0.3 is 15.2 Å². The normalized spacial score (nSPS) is 11.8. The number of carboxylic acids is 1. The SMILES string of the molecule is Cc1cccc(OCc2ccc(CCC(=O)O)c(C(=O)NC(CC(C)C)c3cc(C)cc(C)c3)c2)c1. The largest absolute Gasteiger partial charge is 0.489 e. The van der Waals surface area contributed by atoms with Crippen molar-refractivity contribution in [3.63, 3.8) is 0 Å². The molecule has 1 unspecified atom stereocenters. The minimum absolute atomic E-state index is 0.0358. The fourth-order valence-corrected chi connectivity index (χ4v) is 4.45. The van der Waals surface area contributed by atoms with Gasteiger partial charge in [-0.2, -0.15) is 0 Å². The number of nitrogens with one attached hydrogen (secondary N) is 1. The van der Waals surface area contributed by atoms with Gasteiger partial charge >= 0.3 is 5.97 Å². The Morgan fingerprint density at radius 1 is 0.917 bits per heavy atom. The molecule has 5 nitrogen and oxygen atoms in total. The van der Waals surface area contributed by atoms with Crippen molar-refractivity contribution in [2.45, 2.75) is 66.5 Å². The van der Waals surface area contributed by atoms with Crippen molar-refractivity contribution in [1.29, 1.82) is 0 Å². The lowest BCUT2D eigenvalue weighted by Gasteiger charge is -2.23. The molecule has 0 radical (unpaired) electrons. The molecule has 2 N–H and O–H groups in total. The number of carbonyl (C=O) groups is 2. The molecule has 0 heterocycles. The molecule has 36 heavy (non-hydrogen) atoms. The quantitative estimate of drug-likeness (QED) is 0.315. The van der Waals surface area contributed by atoms with Crippen molar-refractivity contribution in [3.8, 4) is 5.75 Å². The Morgan fingerprint density at radius 3 is 2.28 bits per heavy atom. The Bertz CT molecular complexity index is 1190. The van der Waals surface area contributed by atoms with Crippen molar-refractivity contribution in [1.82, 2.24) is 5.32 Å². The topological polar surface area (TPSA) is 75.6 Å². The third-order valence-electron chi connectivity index (χ3n) is 6.08. The van der Waals surface area contributed by atoms with Gasteiger partial charge in [0.25, 0.3) is 5.91 Å². The van der Waals surface area contributed by atoms with Crippen LogP contribution in [0.5, 0.6) is 5.75 Å². The van der Waals surface area contributed by atoms with Crippen LogP contribution in [0, 0.1) is 26.7 Å². The van der Waals surface area contributed by atoms with Crippen LogP contribution in [0.1, 0.15) is 76.5 Å². The molecule has 3 aromatic carbocycles. The maximum absolute atomic E-state index is 13.6. The van der Waals surface area contributed by atoms with Crippen LogP contribution < -0.4 is 10.1 Å². The number of carbonyl (C=O) groups excluding carboxylic acids is 1. The van der Waals surface area contributed by atoms with Crippen LogP contribution in [0.4, 0.5) is 0 Å². The number of amides is 1. The van der Waals surface area contributed by atoms with Gasteiger partial charge in [-0.05, 0) is 80.0 Å². The van der Waals surface area contributed by atoms with Crippen molar-refractivity contribution in [2.75, 3.05) is 0 Å². The monoisotopic (exact) mass is 487 g/mol. The first-order valence-corrected chi connectivity index (χ1v) is 12.5. The number of aliphatic carboxylic acids is 1. The smallest absolute Gasteiger partial charge is 0.303 e. The van der Waals surface area contributed by atoms with Gasteiger partial charge in [-0.25, -0.2) is 0 Å². The predicted molar refractivity (Wildman–Crippen MR) is 143 cm³/mol. The van der Waals surface area contributed by atoms with Crippen LogP contribution in [0.3, 0.4) is 0 Å². The van der Waals surface area contributed by atoms with Crippen LogP contribution in [-0.4, -0.2) is 17.0 Å². The second kappa shape index (κ2) is 12.4. The number of hydrogen-bond acceptors (Lipinski definition) is 3. The van der Waals surface area contributed by atoms with Gasteiger partial charge in [-0.1, -0.05) is 67.4 Å². The van der Waals surface area contributed by atoms with Gasteiger partial charge in [0.15, 0.2) is 0 Å². The summed E-state index contributed by atoms with van der Waals surface area (Å²) in [6.07, 6.45) is 1.05. The first-order valence-electron chi connectivity index (χ1n) is 12.5. The highest BCUT2D eigenvalue weighted by Crippen LogP contribution is 2.25. The molecule has 1 atom stereocenters. The maximum atomic E-state index is 13.6. The van der Waals surface area contributed by atoms with Crippen molar-refractivity contribution in [2.24, 2.45) is 5.92 Å². The molecule has 0 aliphatic carbocycles. The molecular formula is C31H37NO4. The molecule has 5 heteroatoms. The van der Waals surface area contributed by atoms with E-state index in [0.717, 1.165) is 45.6 Å². The summed E-state index contributed by atoms with van der Waals surface area (Å²) in [6.45, 7) is 10.7. The molecule has 0 fully saturated rings. The summed E-state index contributed by atoms with van der Waals surface area (Å²) in [5.74, 6) is 0.0678. The van der Waals surface area contributed by atoms with Gasteiger partial charge in [0.1, 0.15) is 12.4 Å². The van der Waals surface area contributed by atoms with Crippen LogP contribution in [0.2, 0.25) is 0 Å². The van der Waals surface area contributed by atoms with E-state index in [1.807, 2.05) is 49.4 Å². The average Bonchev–Trinajstić information content (AvgIpc) is 2.80. The summed E-state index contributed by atoms with van der Waals surface area (Å²) < 4.78 is 5.95. The van der Waals surface area contributed by atoms with E-state index in [-0.39, 0.29) is 24.8 Å². The molecule has 1 amide bonds. The second-order valence-corrected chi connectivity index (χ2v) is 10.1. The molecule has 0 bridgehead atoms. The molecule has 3 rings (SSSR count). The van der Waals surface area contributed by atoms with Gasteiger partial charge in [0.05, 0.1) is 6.04 Å². The summed E-state index contributed by atoms with van der Waals surface area (Å²) in [6, 6.07) is 19.6. The Balaban J connectivity index is 1.88. The van der Waals surface area contributed by atoms with Crippen LogP contribution in [0.15, 0.2) is 60.7 Å². The number of hydrogen-bond donors (Lipinski definition) is 2. The van der Waals surface area contributed by atoms with Crippen molar-refractivity contribution in [3.05, 3.63) is 99.6 Å². The van der Waals surface area contributed by atoms with Gasteiger partial charge in [-0.15, -0.1) is 0 Å². The minimum Gasteiger partial charge on any atom is -0.489 e. The Hall–Kier alpha value is -3.60. The molecule has 0 aromatic heterocycles.